The Morgan fingerprint density at radius 3 is 2.68 bits per heavy atom. The molecule has 116 valence electrons. The second-order valence-corrected chi connectivity index (χ2v) is 6.11. The topological polar surface area (TPSA) is 82.1 Å². The summed E-state index contributed by atoms with van der Waals surface area (Å²) in [6.07, 6.45) is 0.203. The second-order valence-electron chi connectivity index (χ2n) is 4.44. The molecular weight excluding hydrogens is 347 g/mol. The Balaban J connectivity index is 1.97. The van der Waals surface area contributed by atoms with Crippen molar-refractivity contribution in [3.8, 4) is 11.3 Å². The van der Waals surface area contributed by atoms with E-state index in [4.69, 9.17) is 23.2 Å². The largest absolute Gasteiger partial charge is 0.550 e. The molecule has 0 aliphatic heterocycles. The van der Waals surface area contributed by atoms with Gasteiger partial charge in [-0.25, -0.2) is 4.98 Å². The number of nitrogens with zero attached hydrogens (tertiary/aromatic N) is 1. The normalized spacial score (nSPS) is 10.5. The summed E-state index contributed by atoms with van der Waals surface area (Å²) in [6.45, 7) is 0. The molecule has 0 fully saturated rings. The number of thiazole rings is 1. The molecule has 1 N–H and O–H groups in total. The monoisotopic (exact) mass is 357 g/mol. The molecule has 5 nitrogen and oxygen atoms in total. The summed E-state index contributed by atoms with van der Waals surface area (Å²) in [5.41, 5.74) is 1.47. The highest BCUT2D eigenvalue weighted by molar-refractivity contribution is 7.14. The second kappa shape index (κ2) is 7.58. The molecule has 8 heteroatoms. The van der Waals surface area contributed by atoms with Crippen LogP contribution in [0.4, 0.5) is 5.13 Å². The van der Waals surface area contributed by atoms with E-state index in [9.17, 15) is 14.7 Å². The van der Waals surface area contributed by atoms with Crippen molar-refractivity contribution in [1.29, 1.82) is 0 Å². The van der Waals surface area contributed by atoms with E-state index in [1.165, 1.54) is 11.3 Å². The average molecular weight is 358 g/mol. The van der Waals surface area contributed by atoms with Crippen molar-refractivity contribution in [2.75, 3.05) is 5.32 Å². The minimum Gasteiger partial charge on any atom is -0.550 e. The van der Waals surface area contributed by atoms with Crippen LogP contribution in [0.1, 0.15) is 19.3 Å². The zero-order valence-electron chi connectivity index (χ0n) is 11.3. The number of carboxylic acid groups (broad SMARTS) is 1. The highest BCUT2D eigenvalue weighted by Gasteiger charge is 2.09. The smallest absolute Gasteiger partial charge is 0.226 e. The average Bonchev–Trinajstić information content (AvgIpc) is 2.90. The van der Waals surface area contributed by atoms with Gasteiger partial charge in [0.25, 0.3) is 0 Å². The summed E-state index contributed by atoms with van der Waals surface area (Å²) in [6, 6.07) is 5.16. The Morgan fingerprint density at radius 2 is 2.00 bits per heavy atom. The number of nitrogens with one attached hydrogen (secondary N) is 1. The van der Waals surface area contributed by atoms with Crippen LogP contribution in [0, 0.1) is 0 Å². The van der Waals surface area contributed by atoms with Gasteiger partial charge >= 0.3 is 0 Å². The van der Waals surface area contributed by atoms with Crippen molar-refractivity contribution >= 4 is 51.5 Å². The van der Waals surface area contributed by atoms with E-state index < -0.39 is 5.97 Å². The third-order valence-electron chi connectivity index (χ3n) is 2.75. The summed E-state index contributed by atoms with van der Waals surface area (Å²) in [5.74, 6) is -1.44. The van der Waals surface area contributed by atoms with Crippen LogP contribution in [0.3, 0.4) is 0 Å². The molecule has 0 aliphatic carbocycles. The van der Waals surface area contributed by atoms with Gasteiger partial charge in [0.1, 0.15) is 0 Å². The first-order valence-corrected chi connectivity index (χ1v) is 8.00. The third-order valence-corrected chi connectivity index (χ3v) is 4.25. The molecule has 0 spiro atoms. The summed E-state index contributed by atoms with van der Waals surface area (Å²) < 4.78 is 0. The molecule has 0 saturated heterocycles. The highest BCUT2D eigenvalue weighted by atomic mass is 35.5. The van der Waals surface area contributed by atoms with Gasteiger partial charge in [-0.2, -0.15) is 0 Å². The summed E-state index contributed by atoms with van der Waals surface area (Å²) in [4.78, 5) is 26.2. The predicted octanol–water partition coefficient (Wildman–Crippen LogP) is 2.98. The van der Waals surface area contributed by atoms with Crippen molar-refractivity contribution in [2.45, 2.75) is 19.3 Å². The Kier molecular flexibility index (Phi) is 5.76. The third kappa shape index (κ3) is 4.69. The van der Waals surface area contributed by atoms with Crippen LogP contribution in [-0.2, 0) is 9.59 Å². The number of amides is 1. The van der Waals surface area contributed by atoms with Crippen LogP contribution in [-0.4, -0.2) is 16.9 Å². The number of hydrogen-bond acceptors (Lipinski definition) is 5. The Labute approximate surface area is 140 Å². The molecule has 0 atom stereocenters. The van der Waals surface area contributed by atoms with Crippen LogP contribution in [0.25, 0.3) is 11.3 Å². The number of halogens is 2. The molecule has 1 heterocycles. The first-order chi connectivity index (χ1) is 10.5. The van der Waals surface area contributed by atoms with Gasteiger partial charge in [-0.15, -0.1) is 11.3 Å². The lowest BCUT2D eigenvalue weighted by atomic mass is 10.2. The summed E-state index contributed by atoms with van der Waals surface area (Å²) in [5, 5.41) is 16.0. The highest BCUT2D eigenvalue weighted by Crippen LogP contribution is 2.30. The fourth-order valence-electron chi connectivity index (χ4n) is 1.69. The Morgan fingerprint density at radius 1 is 1.23 bits per heavy atom. The van der Waals surface area contributed by atoms with E-state index in [2.05, 4.69) is 10.3 Å². The maximum Gasteiger partial charge on any atom is 0.226 e. The van der Waals surface area contributed by atoms with Crippen LogP contribution in [0.15, 0.2) is 23.6 Å². The first-order valence-electron chi connectivity index (χ1n) is 6.36. The van der Waals surface area contributed by atoms with Crippen molar-refractivity contribution in [3.05, 3.63) is 33.6 Å². The van der Waals surface area contributed by atoms with Gasteiger partial charge in [0.2, 0.25) is 5.91 Å². The minimum absolute atomic E-state index is 0.107. The SMILES string of the molecule is O=C([O-])CCCC(=O)Nc1nc(-c2ccc(Cl)c(Cl)c2)cs1. The van der Waals surface area contributed by atoms with Crippen LogP contribution < -0.4 is 10.4 Å². The number of hydrogen-bond donors (Lipinski definition) is 1. The standard InChI is InChI=1S/C14H12Cl2N2O3S/c15-9-5-4-8(6-10(9)16)11-7-22-14(17-11)18-12(19)2-1-3-13(20)21/h4-7H,1-3H2,(H,20,21)(H,17,18,19)/p-1. The number of carbonyl (C=O) groups excluding carboxylic acids is 2. The van der Waals surface area contributed by atoms with E-state index in [0.29, 0.717) is 20.9 Å². The fourth-order valence-corrected chi connectivity index (χ4v) is 2.73. The maximum atomic E-state index is 11.6. The molecule has 0 saturated carbocycles. The van der Waals surface area contributed by atoms with Gasteiger partial charge < -0.3 is 15.2 Å². The van der Waals surface area contributed by atoms with E-state index in [1.807, 2.05) is 0 Å². The van der Waals surface area contributed by atoms with Crippen LogP contribution in [0.5, 0.6) is 0 Å². The summed E-state index contributed by atoms with van der Waals surface area (Å²) in [7, 11) is 0. The first kappa shape index (κ1) is 16.7. The van der Waals surface area contributed by atoms with E-state index in [1.54, 1.807) is 23.6 Å². The Hall–Kier alpha value is -1.63. The number of anilines is 1. The fraction of sp³-hybridized carbons (Fsp3) is 0.214. The van der Waals surface area contributed by atoms with Gasteiger partial charge in [0, 0.05) is 23.3 Å². The molecular formula is C14H11Cl2N2O3S-. The van der Waals surface area contributed by atoms with Crippen LogP contribution in [0.2, 0.25) is 10.0 Å². The van der Waals surface area contributed by atoms with Gasteiger partial charge in [0.05, 0.1) is 15.7 Å². The van der Waals surface area contributed by atoms with Gasteiger partial charge in [-0.1, -0.05) is 29.3 Å². The lowest BCUT2D eigenvalue weighted by Crippen LogP contribution is -2.22. The minimum atomic E-state index is -1.16. The number of carboxylic acids is 1. The van der Waals surface area contributed by atoms with Gasteiger partial charge in [-0.05, 0) is 25.0 Å². The maximum absolute atomic E-state index is 11.6. The molecule has 2 aromatic rings. The number of aromatic nitrogens is 1. The van der Waals surface area contributed by atoms with E-state index in [0.717, 1.165) is 5.56 Å². The quantitative estimate of drug-likeness (QED) is 0.861. The number of benzene rings is 1. The molecule has 2 rings (SSSR count). The van der Waals surface area contributed by atoms with Crippen molar-refractivity contribution in [2.24, 2.45) is 0 Å². The lowest BCUT2D eigenvalue weighted by Gasteiger charge is -2.02. The Bertz CT molecular complexity index is 703. The molecule has 0 bridgehead atoms. The summed E-state index contributed by atoms with van der Waals surface area (Å²) >= 11 is 13.1. The molecule has 22 heavy (non-hydrogen) atoms. The van der Waals surface area contributed by atoms with Gasteiger partial charge in [0.15, 0.2) is 5.13 Å². The molecule has 0 unspecified atom stereocenters. The molecule has 1 aromatic carbocycles. The molecule has 1 amide bonds. The van der Waals surface area contributed by atoms with Crippen LogP contribution >= 0.6 is 34.5 Å². The van der Waals surface area contributed by atoms with Crippen molar-refractivity contribution in [3.63, 3.8) is 0 Å². The molecule has 0 radical (unpaired) electrons. The predicted molar refractivity (Wildman–Crippen MR) is 85.1 cm³/mol. The molecule has 1 aromatic heterocycles. The van der Waals surface area contributed by atoms with E-state index >= 15 is 0 Å². The number of carbonyl (C=O) groups is 2. The van der Waals surface area contributed by atoms with E-state index in [-0.39, 0.29) is 25.2 Å². The zero-order valence-corrected chi connectivity index (χ0v) is 13.6. The van der Waals surface area contributed by atoms with Gasteiger partial charge in [-0.3, -0.25) is 4.79 Å². The van der Waals surface area contributed by atoms with Crippen molar-refractivity contribution in [1.82, 2.24) is 4.98 Å². The number of rotatable bonds is 6. The molecule has 0 aliphatic rings. The van der Waals surface area contributed by atoms with Crippen molar-refractivity contribution < 1.29 is 14.7 Å². The zero-order chi connectivity index (χ0) is 16.1. The lowest BCUT2D eigenvalue weighted by molar-refractivity contribution is -0.305. The number of aliphatic carboxylic acids is 1.